The molecule has 0 saturated carbocycles. The quantitative estimate of drug-likeness (QED) is 0.380. The molecule has 0 aromatic heterocycles. The molecule has 0 heterocycles. The highest BCUT2D eigenvalue weighted by Crippen LogP contribution is 2.19. The summed E-state index contributed by atoms with van der Waals surface area (Å²) < 4.78 is 4.46. The Labute approximate surface area is 85.6 Å². The second-order valence-electron chi connectivity index (χ2n) is 2.67. The lowest BCUT2D eigenvalue weighted by Crippen LogP contribution is -2.16. The zero-order valence-electron chi connectivity index (χ0n) is 7.98. The lowest BCUT2D eigenvalue weighted by molar-refractivity contribution is 0.0583. The number of hydrogen-bond donors (Lipinski definition) is 3. The normalized spacial score (nSPS) is 9.47. The van der Waals surface area contributed by atoms with Crippen LogP contribution in [0.25, 0.3) is 0 Å². The maximum Gasteiger partial charge on any atom is 0.338 e. The molecule has 0 saturated heterocycles. The number of aromatic carboxylic acids is 1. The summed E-state index contributed by atoms with van der Waals surface area (Å²) in [6.07, 6.45) is 0. The Morgan fingerprint density at radius 2 is 2.13 bits per heavy atom. The van der Waals surface area contributed by atoms with Crippen molar-refractivity contribution in [3.63, 3.8) is 0 Å². The van der Waals surface area contributed by atoms with E-state index in [4.69, 9.17) is 10.9 Å². The van der Waals surface area contributed by atoms with E-state index in [0.29, 0.717) is 0 Å². The minimum Gasteiger partial charge on any atom is -0.478 e. The number of nitrogen functional groups attached to an aromatic ring is 1. The van der Waals surface area contributed by atoms with Crippen molar-refractivity contribution in [2.45, 2.75) is 0 Å². The predicted molar refractivity (Wildman–Crippen MR) is 52.6 cm³/mol. The molecule has 0 unspecified atom stereocenters. The number of benzene rings is 1. The van der Waals surface area contributed by atoms with Crippen LogP contribution in [0.2, 0.25) is 0 Å². The molecule has 0 aliphatic carbocycles. The zero-order valence-corrected chi connectivity index (χ0v) is 7.98. The van der Waals surface area contributed by atoms with Crippen molar-refractivity contribution in [2.24, 2.45) is 5.84 Å². The van der Waals surface area contributed by atoms with Gasteiger partial charge in [-0.25, -0.2) is 9.59 Å². The number of anilines is 1. The minimum absolute atomic E-state index is 0.0412. The third-order valence-corrected chi connectivity index (χ3v) is 1.84. The number of esters is 1. The van der Waals surface area contributed by atoms with E-state index in [1.54, 1.807) is 0 Å². The van der Waals surface area contributed by atoms with Gasteiger partial charge in [0.05, 0.1) is 23.9 Å². The fraction of sp³-hybridized carbons (Fsp3) is 0.111. The van der Waals surface area contributed by atoms with E-state index in [2.05, 4.69) is 10.2 Å². The van der Waals surface area contributed by atoms with Crippen molar-refractivity contribution in [3.05, 3.63) is 29.3 Å². The monoisotopic (exact) mass is 210 g/mol. The number of carbonyl (C=O) groups excluding carboxylic acids is 1. The Hall–Kier alpha value is -2.08. The van der Waals surface area contributed by atoms with Crippen LogP contribution < -0.4 is 11.3 Å². The van der Waals surface area contributed by atoms with E-state index in [9.17, 15) is 9.59 Å². The third kappa shape index (κ3) is 2.05. The number of nitrogens with one attached hydrogen (secondary N) is 1. The molecule has 1 rings (SSSR count). The fourth-order valence-electron chi connectivity index (χ4n) is 1.18. The van der Waals surface area contributed by atoms with Crippen LogP contribution >= 0.6 is 0 Å². The van der Waals surface area contributed by atoms with Crippen LogP contribution in [-0.2, 0) is 4.74 Å². The van der Waals surface area contributed by atoms with Gasteiger partial charge >= 0.3 is 11.9 Å². The summed E-state index contributed by atoms with van der Waals surface area (Å²) in [6, 6.07) is 4.32. The third-order valence-electron chi connectivity index (χ3n) is 1.84. The Bertz CT molecular complexity index is 403. The Morgan fingerprint density at radius 1 is 1.47 bits per heavy atom. The molecular formula is C9H10N2O4. The highest BCUT2D eigenvalue weighted by Gasteiger charge is 2.20. The number of carboxylic acid groups (broad SMARTS) is 1. The van der Waals surface area contributed by atoms with E-state index in [-0.39, 0.29) is 16.8 Å². The van der Waals surface area contributed by atoms with E-state index < -0.39 is 11.9 Å². The summed E-state index contributed by atoms with van der Waals surface area (Å²) in [5.74, 6) is 3.17. The highest BCUT2D eigenvalue weighted by molar-refractivity contribution is 6.06. The Kier molecular flexibility index (Phi) is 3.25. The molecule has 0 spiro atoms. The van der Waals surface area contributed by atoms with Gasteiger partial charge in [-0.15, -0.1) is 0 Å². The van der Waals surface area contributed by atoms with Crippen molar-refractivity contribution in [1.29, 1.82) is 0 Å². The van der Waals surface area contributed by atoms with Gasteiger partial charge in [0, 0.05) is 0 Å². The summed E-state index contributed by atoms with van der Waals surface area (Å²) in [6.45, 7) is 0. The van der Waals surface area contributed by atoms with Gasteiger partial charge in [0.25, 0.3) is 0 Å². The lowest BCUT2D eigenvalue weighted by Gasteiger charge is -2.08. The zero-order chi connectivity index (χ0) is 11.4. The molecule has 0 atom stereocenters. The first-order valence-electron chi connectivity index (χ1n) is 4.03. The van der Waals surface area contributed by atoms with Crippen molar-refractivity contribution >= 4 is 17.6 Å². The molecule has 0 radical (unpaired) electrons. The minimum atomic E-state index is -1.25. The standard InChI is InChI=1S/C9H10N2O4/c1-15-9(14)5-3-2-4-6(11-10)7(5)8(12)13/h2-4,11H,10H2,1H3,(H,12,13). The van der Waals surface area contributed by atoms with Crippen LogP contribution in [-0.4, -0.2) is 24.2 Å². The second-order valence-corrected chi connectivity index (χ2v) is 2.67. The number of rotatable bonds is 3. The molecule has 0 fully saturated rings. The smallest absolute Gasteiger partial charge is 0.338 e. The van der Waals surface area contributed by atoms with Crippen LogP contribution in [0, 0.1) is 0 Å². The number of hydrogen-bond acceptors (Lipinski definition) is 5. The summed E-state index contributed by atoms with van der Waals surface area (Å²) in [4.78, 5) is 22.2. The first-order chi connectivity index (χ1) is 7.11. The molecule has 6 heteroatoms. The molecule has 80 valence electrons. The van der Waals surface area contributed by atoms with E-state index >= 15 is 0 Å². The molecule has 15 heavy (non-hydrogen) atoms. The topological polar surface area (TPSA) is 102 Å². The van der Waals surface area contributed by atoms with Crippen LogP contribution in [0.3, 0.4) is 0 Å². The van der Waals surface area contributed by atoms with Gasteiger partial charge in [-0.3, -0.25) is 5.84 Å². The summed E-state index contributed by atoms with van der Waals surface area (Å²) in [5, 5.41) is 8.92. The van der Waals surface area contributed by atoms with E-state index in [1.807, 2.05) is 0 Å². The van der Waals surface area contributed by atoms with E-state index in [0.717, 1.165) is 0 Å². The van der Waals surface area contributed by atoms with Gasteiger partial charge in [0.1, 0.15) is 0 Å². The number of methoxy groups -OCH3 is 1. The molecule has 4 N–H and O–H groups in total. The first kappa shape index (κ1) is 11.0. The SMILES string of the molecule is COC(=O)c1cccc(NN)c1C(=O)O. The Balaban J connectivity index is 3.38. The number of hydrazine groups is 1. The van der Waals surface area contributed by atoms with Crippen molar-refractivity contribution < 1.29 is 19.4 Å². The van der Waals surface area contributed by atoms with Crippen molar-refractivity contribution in [2.75, 3.05) is 12.5 Å². The van der Waals surface area contributed by atoms with Gasteiger partial charge < -0.3 is 15.3 Å². The largest absolute Gasteiger partial charge is 0.478 e. The van der Waals surface area contributed by atoms with Gasteiger partial charge in [0.2, 0.25) is 0 Å². The molecule has 0 aliphatic rings. The van der Waals surface area contributed by atoms with Crippen molar-refractivity contribution in [3.8, 4) is 0 Å². The highest BCUT2D eigenvalue weighted by atomic mass is 16.5. The van der Waals surface area contributed by atoms with Crippen LogP contribution in [0.15, 0.2) is 18.2 Å². The molecule has 6 nitrogen and oxygen atoms in total. The van der Waals surface area contributed by atoms with Crippen molar-refractivity contribution in [1.82, 2.24) is 0 Å². The van der Waals surface area contributed by atoms with E-state index in [1.165, 1.54) is 25.3 Å². The number of nitrogens with two attached hydrogens (primary N) is 1. The Morgan fingerprint density at radius 3 is 2.60 bits per heavy atom. The second kappa shape index (κ2) is 4.43. The summed E-state index contributed by atoms with van der Waals surface area (Å²) >= 11 is 0. The van der Waals surface area contributed by atoms with Gasteiger partial charge in [-0.05, 0) is 12.1 Å². The van der Waals surface area contributed by atoms with Crippen LogP contribution in [0.4, 0.5) is 5.69 Å². The van der Waals surface area contributed by atoms with Crippen LogP contribution in [0.5, 0.6) is 0 Å². The molecule has 1 aromatic carbocycles. The number of carboxylic acids is 1. The van der Waals surface area contributed by atoms with Gasteiger partial charge in [-0.2, -0.15) is 0 Å². The maximum atomic E-state index is 11.3. The average molecular weight is 210 g/mol. The van der Waals surface area contributed by atoms with Gasteiger partial charge in [-0.1, -0.05) is 6.07 Å². The molecular weight excluding hydrogens is 200 g/mol. The van der Waals surface area contributed by atoms with Gasteiger partial charge in [0.15, 0.2) is 0 Å². The number of carbonyl (C=O) groups is 2. The first-order valence-corrected chi connectivity index (χ1v) is 4.03. The van der Waals surface area contributed by atoms with Crippen LogP contribution in [0.1, 0.15) is 20.7 Å². The number of ether oxygens (including phenoxy) is 1. The maximum absolute atomic E-state index is 11.3. The molecule has 0 amide bonds. The average Bonchev–Trinajstić information content (AvgIpc) is 2.26. The molecule has 0 aliphatic heterocycles. The molecule has 1 aromatic rings. The lowest BCUT2D eigenvalue weighted by atomic mass is 10.1. The summed E-state index contributed by atoms with van der Waals surface area (Å²) in [7, 11) is 1.18. The predicted octanol–water partition coefficient (Wildman–Crippen LogP) is 0.457. The molecule has 0 bridgehead atoms. The fourth-order valence-corrected chi connectivity index (χ4v) is 1.18. The summed E-state index contributed by atoms with van der Waals surface area (Å²) in [5.41, 5.74) is 2.12.